The second-order valence-corrected chi connectivity index (χ2v) is 4.89. The molecule has 1 rings (SSSR count). The highest BCUT2D eigenvalue weighted by Crippen LogP contribution is 2.18. The van der Waals surface area contributed by atoms with Gasteiger partial charge in [-0.1, -0.05) is 59.8 Å². The molecule has 1 heteroatoms. The number of rotatable bonds is 5. The van der Waals surface area contributed by atoms with E-state index in [-0.39, 0.29) is 0 Å². The fourth-order valence-corrected chi connectivity index (χ4v) is 2.44. The lowest BCUT2D eigenvalue weighted by Crippen LogP contribution is -2.38. The number of hydrogen-bond acceptors (Lipinski definition) is 1. The molecule has 1 atom stereocenters. The fraction of sp³-hybridized carbons (Fsp3) is 1.00. The highest BCUT2D eigenvalue weighted by molar-refractivity contribution is 4.73. The van der Waals surface area contributed by atoms with E-state index in [4.69, 9.17) is 0 Å². The minimum atomic E-state index is 0.902. The van der Waals surface area contributed by atoms with Crippen molar-refractivity contribution in [3.8, 4) is 0 Å². The third-order valence-corrected chi connectivity index (χ3v) is 3.58. The van der Waals surface area contributed by atoms with Crippen LogP contribution in [0.5, 0.6) is 0 Å². The molecule has 98 valence electrons. The summed E-state index contributed by atoms with van der Waals surface area (Å²) in [5.41, 5.74) is 0. The molecular formula is C15H33N. The van der Waals surface area contributed by atoms with E-state index >= 15 is 0 Å². The minimum Gasteiger partial charge on any atom is -0.301 e. The van der Waals surface area contributed by atoms with Crippen molar-refractivity contribution in [3.05, 3.63) is 0 Å². The van der Waals surface area contributed by atoms with Crippen molar-refractivity contribution in [2.24, 2.45) is 0 Å². The Kier molecular flexibility index (Phi) is 11.4. The lowest BCUT2D eigenvalue weighted by molar-refractivity contribution is 0.152. The Bertz CT molecular complexity index is 117. The third-order valence-electron chi connectivity index (χ3n) is 3.58. The van der Waals surface area contributed by atoms with Crippen LogP contribution in [0.2, 0.25) is 0 Å². The Hall–Kier alpha value is -0.0400. The molecule has 1 nitrogen and oxygen atoms in total. The molecule has 0 aromatic carbocycles. The number of hydrogen-bond donors (Lipinski definition) is 0. The van der Waals surface area contributed by atoms with E-state index in [1.165, 1.54) is 64.5 Å². The molecule has 1 aliphatic rings. The molecule has 0 N–H and O–H groups in total. The molecule has 0 amide bonds. The summed E-state index contributed by atoms with van der Waals surface area (Å²) in [5.74, 6) is 0. The molecule has 0 saturated carbocycles. The van der Waals surface area contributed by atoms with Crippen molar-refractivity contribution in [3.63, 3.8) is 0 Å². The van der Waals surface area contributed by atoms with Crippen LogP contribution in [0.15, 0.2) is 0 Å². The highest BCUT2D eigenvalue weighted by Gasteiger charge is 2.17. The number of likely N-dealkylation sites (tertiary alicyclic amines) is 1. The quantitative estimate of drug-likeness (QED) is 0.606. The summed E-state index contributed by atoms with van der Waals surface area (Å²) >= 11 is 0. The lowest BCUT2D eigenvalue weighted by atomic mass is 10.0. The maximum atomic E-state index is 2.61. The average Bonchev–Trinajstić information content (AvgIpc) is 2.36. The summed E-state index contributed by atoms with van der Waals surface area (Å²) in [7, 11) is 0. The maximum absolute atomic E-state index is 2.61. The Morgan fingerprint density at radius 2 is 1.56 bits per heavy atom. The van der Waals surface area contributed by atoms with Crippen LogP contribution in [0.25, 0.3) is 0 Å². The van der Waals surface area contributed by atoms with Crippen molar-refractivity contribution >= 4 is 0 Å². The van der Waals surface area contributed by atoms with Gasteiger partial charge in [0.15, 0.2) is 0 Å². The second-order valence-electron chi connectivity index (χ2n) is 4.89. The van der Waals surface area contributed by atoms with Gasteiger partial charge < -0.3 is 4.90 Å². The molecule has 0 radical (unpaired) electrons. The van der Waals surface area contributed by atoms with E-state index in [2.05, 4.69) is 32.6 Å². The van der Waals surface area contributed by atoms with Gasteiger partial charge in [0.2, 0.25) is 0 Å². The summed E-state index contributed by atoms with van der Waals surface area (Å²) in [5, 5.41) is 0. The third kappa shape index (κ3) is 7.27. The normalized spacial score (nSPS) is 21.4. The molecule has 1 aliphatic heterocycles. The van der Waals surface area contributed by atoms with E-state index in [0.717, 1.165) is 6.04 Å². The van der Waals surface area contributed by atoms with Crippen LogP contribution in [-0.2, 0) is 0 Å². The zero-order valence-electron chi connectivity index (χ0n) is 12.1. The highest BCUT2D eigenvalue weighted by atomic mass is 15.1. The predicted octanol–water partition coefficient (Wildman–Crippen LogP) is 4.86. The van der Waals surface area contributed by atoms with E-state index in [0.29, 0.717) is 0 Å². The molecule has 1 saturated heterocycles. The van der Waals surface area contributed by atoms with Crippen LogP contribution < -0.4 is 0 Å². The Morgan fingerprint density at radius 1 is 0.938 bits per heavy atom. The van der Waals surface area contributed by atoms with Gasteiger partial charge in [0, 0.05) is 6.04 Å². The Balaban J connectivity index is 0.000000325. The first kappa shape index (κ1) is 16.0. The summed E-state index contributed by atoms with van der Waals surface area (Å²) in [4.78, 5) is 2.61. The van der Waals surface area contributed by atoms with Gasteiger partial charge in [-0.15, -0.1) is 0 Å². The summed E-state index contributed by atoms with van der Waals surface area (Å²) in [6.45, 7) is 11.6. The monoisotopic (exact) mass is 227 g/mol. The molecule has 16 heavy (non-hydrogen) atoms. The van der Waals surface area contributed by atoms with Crippen LogP contribution in [0.4, 0.5) is 0 Å². The SMILES string of the molecule is CCC1CCCCN1CC.CCCCCC. The van der Waals surface area contributed by atoms with Crippen LogP contribution in [0.3, 0.4) is 0 Å². The van der Waals surface area contributed by atoms with Crippen molar-refractivity contribution in [2.75, 3.05) is 13.1 Å². The molecule has 0 aromatic heterocycles. The zero-order chi connectivity index (χ0) is 12.2. The van der Waals surface area contributed by atoms with Crippen LogP contribution in [-0.4, -0.2) is 24.0 Å². The second kappa shape index (κ2) is 11.4. The number of unbranched alkanes of at least 4 members (excludes halogenated alkanes) is 3. The van der Waals surface area contributed by atoms with Crippen molar-refractivity contribution in [1.29, 1.82) is 0 Å². The molecule has 0 aromatic rings. The molecule has 0 spiro atoms. The maximum Gasteiger partial charge on any atom is 0.00925 e. The van der Waals surface area contributed by atoms with E-state index in [9.17, 15) is 0 Å². The molecule has 1 heterocycles. The fourth-order valence-electron chi connectivity index (χ4n) is 2.44. The van der Waals surface area contributed by atoms with Crippen LogP contribution in [0, 0.1) is 0 Å². The molecule has 0 bridgehead atoms. The summed E-state index contributed by atoms with van der Waals surface area (Å²) in [6, 6.07) is 0.902. The van der Waals surface area contributed by atoms with Crippen molar-refractivity contribution in [2.45, 2.75) is 85.1 Å². The molecular weight excluding hydrogens is 194 g/mol. The predicted molar refractivity (Wildman–Crippen MR) is 75.0 cm³/mol. The van der Waals surface area contributed by atoms with Gasteiger partial charge >= 0.3 is 0 Å². The van der Waals surface area contributed by atoms with Gasteiger partial charge in [-0.25, -0.2) is 0 Å². The van der Waals surface area contributed by atoms with Gasteiger partial charge in [0.1, 0.15) is 0 Å². The lowest BCUT2D eigenvalue weighted by Gasteiger charge is -2.34. The van der Waals surface area contributed by atoms with E-state index < -0.39 is 0 Å². The first-order chi connectivity index (χ1) is 7.79. The summed E-state index contributed by atoms with van der Waals surface area (Å²) in [6.07, 6.45) is 11.2. The molecule has 0 aliphatic carbocycles. The Morgan fingerprint density at radius 3 is 1.94 bits per heavy atom. The minimum absolute atomic E-state index is 0.902. The smallest absolute Gasteiger partial charge is 0.00925 e. The first-order valence-electron chi connectivity index (χ1n) is 7.54. The number of nitrogens with zero attached hydrogens (tertiary/aromatic N) is 1. The standard InChI is InChI=1S/C9H19N.C6H14/c1-3-9-7-5-6-8-10(9)4-2;1-3-5-6-4-2/h9H,3-8H2,1-2H3;3-6H2,1-2H3. The average molecular weight is 227 g/mol. The van der Waals surface area contributed by atoms with Crippen molar-refractivity contribution < 1.29 is 0 Å². The zero-order valence-corrected chi connectivity index (χ0v) is 12.1. The molecule has 1 fully saturated rings. The van der Waals surface area contributed by atoms with E-state index in [1.54, 1.807) is 0 Å². The topological polar surface area (TPSA) is 3.24 Å². The van der Waals surface area contributed by atoms with Gasteiger partial charge in [-0.2, -0.15) is 0 Å². The van der Waals surface area contributed by atoms with Crippen molar-refractivity contribution in [1.82, 2.24) is 4.90 Å². The van der Waals surface area contributed by atoms with Gasteiger partial charge in [-0.05, 0) is 32.4 Å². The van der Waals surface area contributed by atoms with Gasteiger partial charge in [-0.3, -0.25) is 0 Å². The van der Waals surface area contributed by atoms with Crippen LogP contribution >= 0.6 is 0 Å². The van der Waals surface area contributed by atoms with Gasteiger partial charge in [0.05, 0.1) is 0 Å². The Labute approximate surface area is 104 Å². The largest absolute Gasteiger partial charge is 0.301 e. The summed E-state index contributed by atoms with van der Waals surface area (Å²) < 4.78 is 0. The number of piperidine rings is 1. The van der Waals surface area contributed by atoms with E-state index in [1.807, 2.05) is 0 Å². The first-order valence-corrected chi connectivity index (χ1v) is 7.54. The van der Waals surface area contributed by atoms with Gasteiger partial charge in [0.25, 0.3) is 0 Å². The van der Waals surface area contributed by atoms with Crippen LogP contribution in [0.1, 0.15) is 79.1 Å². The molecule has 1 unspecified atom stereocenters.